The third kappa shape index (κ3) is 4.27. The number of carbonyl (C=O) groups is 2. The van der Waals surface area contributed by atoms with Gasteiger partial charge in [0, 0.05) is 15.6 Å². The molecule has 2 rings (SSSR count). The Labute approximate surface area is 141 Å². The van der Waals surface area contributed by atoms with Crippen LogP contribution >= 0.6 is 22.6 Å². The SMILES string of the molecule is NC(=O)[C@H](Cc1ccccc1I)NC(=O)c1cccc(F)c1. The Balaban J connectivity index is 2.14. The van der Waals surface area contributed by atoms with Crippen LogP contribution in [0.3, 0.4) is 0 Å². The summed E-state index contributed by atoms with van der Waals surface area (Å²) in [6.45, 7) is 0. The Morgan fingerprint density at radius 2 is 1.91 bits per heavy atom. The molecule has 0 spiro atoms. The van der Waals surface area contributed by atoms with Crippen molar-refractivity contribution in [1.82, 2.24) is 5.32 Å². The summed E-state index contributed by atoms with van der Waals surface area (Å²) in [6, 6.07) is 11.9. The summed E-state index contributed by atoms with van der Waals surface area (Å²) < 4.78 is 14.1. The van der Waals surface area contributed by atoms with Gasteiger partial charge in [-0.3, -0.25) is 9.59 Å². The van der Waals surface area contributed by atoms with E-state index in [1.54, 1.807) is 0 Å². The van der Waals surface area contributed by atoms with Gasteiger partial charge in [-0.15, -0.1) is 0 Å². The van der Waals surface area contributed by atoms with Crippen LogP contribution in [0.4, 0.5) is 4.39 Å². The van der Waals surface area contributed by atoms with Crippen molar-refractivity contribution in [2.75, 3.05) is 0 Å². The second-order valence-corrected chi connectivity index (χ2v) is 5.90. The first-order chi connectivity index (χ1) is 10.5. The number of hydrogen-bond acceptors (Lipinski definition) is 2. The highest BCUT2D eigenvalue weighted by molar-refractivity contribution is 14.1. The molecule has 0 aromatic heterocycles. The van der Waals surface area contributed by atoms with Gasteiger partial charge in [0.25, 0.3) is 5.91 Å². The number of nitrogens with one attached hydrogen (secondary N) is 1. The molecule has 0 fully saturated rings. The Bertz CT molecular complexity index is 706. The highest BCUT2D eigenvalue weighted by Crippen LogP contribution is 2.14. The molecule has 0 saturated heterocycles. The predicted octanol–water partition coefficient (Wildman–Crippen LogP) is 2.26. The van der Waals surface area contributed by atoms with Crippen LogP contribution < -0.4 is 11.1 Å². The normalized spacial score (nSPS) is 11.7. The summed E-state index contributed by atoms with van der Waals surface area (Å²) in [6.07, 6.45) is 0.287. The van der Waals surface area contributed by atoms with Crippen LogP contribution in [-0.2, 0) is 11.2 Å². The quantitative estimate of drug-likeness (QED) is 0.740. The fourth-order valence-corrected chi connectivity index (χ4v) is 2.59. The van der Waals surface area contributed by atoms with E-state index in [0.717, 1.165) is 15.2 Å². The Hall–Kier alpha value is -1.96. The van der Waals surface area contributed by atoms with Gasteiger partial charge in [-0.25, -0.2) is 4.39 Å². The van der Waals surface area contributed by atoms with Crippen molar-refractivity contribution >= 4 is 34.4 Å². The Morgan fingerprint density at radius 3 is 2.55 bits per heavy atom. The first-order valence-electron chi connectivity index (χ1n) is 6.56. The molecule has 114 valence electrons. The van der Waals surface area contributed by atoms with Gasteiger partial charge in [0.05, 0.1) is 0 Å². The minimum Gasteiger partial charge on any atom is -0.368 e. The van der Waals surface area contributed by atoms with Crippen LogP contribution in [-0.4, -0.2) is 17.9 Å². The highest BCUT2D eigenvalue weighted by Gasteiger charge is 2.20. The Kier molecular flexibility index (Phi) is 5.48. The van der Waals surface area contributed by atoms with Gasteiger partial charge in [0.1, 0.15) is 11.9 Å². The first-order valence-corrected chi connectivity index (χ1v) is 7.64. The number of carbonyl (C=O) groups excluding carboxylic acids is 2. The molecule has 0 radical (unpaired) electrons. The smallest absolute Gasteiger partial charge is 0.252 e. The topological polar surface area (TPSA) is 72.2 Å². The van der Waals surface area contributed by atoms with Gasteiger partial charge in [-0.05, 0) is 52.4 Å². The molecular weight excluding hydrogens is 398 g/mol. The second-order valence-electron chi connectivity index (χ2n) is 4.73. The summed E-state index contributed by atoms with van der Waals surface area (Å²) in [4.78, 5) is 23.7. The molecule has 0 aliphatic rings. The lowest BCUT2D eigenvalue weighted by molar-refractivity contribution is -0.119. The summed E-state index contributed by atoms with van der Waals surface area (Å²) in [5, 5.41) is 2.55. The van der Waals surface area contributed by atoms with Gasteiger partial charge >= 0.3 is 0 Å². The molecule has 1 atom stereocenters. The van der Waals surface area contributed by atoms with Gasteiger partial charge in [0.2, 0.25) is 5.91 Å². The number of rotatable bonds is 5. The Morgan fingerprint density at radius 1 is 1.18 bits per heavy atom. The van der Waals surface area contributed by atoms with Crippen molar-refractivity contribution in [2.45, 2.75) is 12.5 Å². The van der Waals surface area contributed by atoms with Crippen LogP contribution in [0.5, 0.6) is 0 Å². The molecule has 4 nitrogen and oxygen atoms in total. The molecule has 2 amide bonds. The maximum Gasteiger partial charge on any atom is 0.252 e. The number of halogens is 2. The molecular formula is C16H14FIN2O2. The van der Waals surface area contributed by atoms with Crippen LogP contribution in [0.25, 0.3) is 0 Å². The lowest BCUT2D eigenvalue weighted by Crippen LogP contribution is -2.46. The molecule has 0 aliphatic heterocycles. The highest BCUT2D eigenvalue weighted by atomic mass is 127. The average molecular weight is 412 g/mol. The number of hydrogen-bond donors (Lipinski definition) is 2. The molecule has 2 aromatic rings. The minimum absolute atomic E-state index is 0.147. The van der Waals surface area contributed by atoms with E-state index in [1.165, 1.54) is 18.2 Å². The van der Waals surface area contributed by atoms with E-state index in [9.17, 15) is 14.0 Å². The van der Waals surface area contributed by atoms with E-state index in [4.69, 9.17) is 5.73 Å². The van der Waals surface area contributed by atoms with E-state index in [-0.39, 0.29) is 12.0 Å². The standard InChI is InChI=1S/C16H14FIN2O2/c17-12-6-3-5-11(8-12)16(22)20-14(15(19)21)9-10-4-1-2-7-13(10)18/h1-8,14H,9H2,(H2,19,21)(H,20,22)/t14-/m0/s1. The van der Waals surface area contributed by atoms with Crippen LogP contribution in [0.1, 0.15) is 15.9 Å². The van der Waals surface area contributed by atoms with Crippen molar-refractivity contribution in [3.8, 4) is 0 Å². The average Bonchev–Trinajstić information content (AvgIpc) is 2.48. The lowest BCUT2D eigenvalue weighted by Gasteiger charge is -2.16. The molecule has 0 saturated carbocycles. The van der Waals surface area contributed by atoms with Gasteiger partial charge in [-0.1, -0.05) is 24.3 Å². The molecule has 0 unspecified atom stereocenters. The van der Waals surface area contributed by atoms with E-state index < -0.39 is 23.7 Å². The van der Waals surface area contributed by atoms with Crippen LogP contribution in [0.2, 0.25) is 0 Å². The molecule has 0 aliphatic carbocycles. The van der Waals surface area contributed by atoms with Crippen molar-refractivity contribution in [1.29, 1.82) is 0 Å². The molecule has 0 heterocycles. The molecule has 22 heavy (non-hydrogen) atoms. The fraction of sp³-hybridized carbons (Fsp3) is 0.125. The predicted molar refractivity (Wildman–Crippen MR) is 89.7 cm³/mol. The van der Waals surface area contributed by atoms with Gasteiger partial charge < -0.3 is 11.1 Å². The lowest BCUT2D eigenvalue weighted by atomic mass is 10.0. The molecule has 2 aromatic carbocycles. The zero-order valence-electron chi connectivity index (χ0n) is 11.6. The summed E-state index contributed by atoms with van der Waals surface area (Å²) in [5.74, 6) is -1.68. The first kappa shape index (κ1) is 16.4. The van der Waals surface area contributed by atoms with Crippen molar-refractivity contribution in [3.63, 3.8) is 0 Å². The molecule has 6 heteroatoms. The van der Waals surface area contributed by atoms with E-state index in [1.807, 2.05) is 24.3 Å². The number of benzene rings is 2. The molecule has 0 bridgehead atoms. The van der Waals surface area contributed by atoms with Crippen molar-refractivity contribution in [3.05, 3.63) is 69.0 Å². The monoisotopic (exact) mass is 412 g/mol. The zero-order valence-corrected chi connectivity index (χ0v) is 13.7. The number of nitrogens with two attached hydrogens (primary N) is 1. The molecule has 3 N–H and O–H groups in total. The third-order valence-corrected chi connectivity index (χ3v) is 4.17. The maximum atomic E-state index is 13.2. The largest absolute Gasteiger partial charge is 0.368 e. The number of primary amides is 1. The van der Waals surface area contributed by atoms with Crippen LogP contribution in [0.15, 0.2) is 48.5 Å². The fourth-order valence-electron chi connectivity index (χ4n) is 1.98. The van der Waals surface area contributed by atoms with Gasteiger partial charge in [-0.2, -0.15) is 0 Å². The van der Waals surface area contributed by atoms with E-state index in [2.05, 4.69) is 27.9 Å². The summed E-state index contributed by atoms with van der Waals surface area (Å²) >= 11 is 2.15. The number of amides is 2. The van der Waals surface area contributed by atoms with E-state index in [0.29, 0.717) is 0 Å². The minimum atomic E-state index is -0.855. The van der Waals surface area contributed by atoms with Crippen LogP contribution in [0, 0.1) is 9.39 Å². The van der Waals surface area contributed by atoms with Crippen molar-refractivity contribution in [2.24, 2.45) is 5.73 Å². The van der Waals surface area contributed by atoms with E-state index >= 15 is 0 Å². The maximum absolute atomic E-state index is 13.2. The van der Waals surface area contributed by atoms with Crippen molar-refractivity contribution < 1.29 is 14.0 Å². The zero-order chi connectivity index (χ0) is 16.1. The second kappa shape index (κ2) is 7.35. The third-order valence-electron chi connectivity index (χ3n) is 3.12. The summed E-state index contributed by atoms with van der Waals surface area (Å²) in [5.41, 5.74) is 6.42. The van der Waals surface area contributed by atoms with Gasteiger partial charge in [0.15, 0.2) is 0 Å². The summed E-state index contributed by atoms with van der Waals surface area (Å²) in [7, 11) is 0.